The van der Waals surface area contributed by atoms with Crippen molar-refractivity contribution in [2.24, 2.45) is 17.3 Å². The van der Waals surface area contributed by atoms with Crippen LogP contribution in [0.15, 0.2) is 42.3 Å². The van der Waals surface area contributed by atoms with E-state index in [1.54, 1.807) is 18.2 Å². The first-order valence-electron chi connectivity index (χ1n) is 12.4. The lowest BCUT2D eigenvalue weighted by Crippen LogP contribution is -2.46. The van der Waals surface area contributed by atoms with Crippen LogP contribution in [0.1, 0.15) is 39.2 Å². The van der Waals surface area contributed by atoms with Crippen LogP contribution < -0.4 is 28.1 Å². The first-order valence-corrected chi connectivity index (χ1v) is 12.4. The number of rotatable bonds is 11. The summed E-state index contributed by atoms with van der Waals surface area (Å²) < 4.78 is 25.4. The number of amides is 1. The lowest BCUT2D eigenvalue weighted by atomic mass is 9.99. The summed E-state index contributed by atoms with van der Waals surface area (Å²) in [6, 6.07) is 7.11. The number of nitrogens with one attached hydrogen (secondary N) is 2. The van der Waals surface area contributed by atoms with Crippen molar-refractivity contribution < 1.29 is 47.7 Å². The fraction of sp³-hybridized carbons (Fsp3) is 0.423. The predicted octanol–water partition coefficient (Wildman–Crippen LogP) is -0.0470. The molecule has 1 heterocycles. The Hall–Kier alpha value is -4.63. The molecule has 1 aromatic carbocycles. The number of carbonyl (C=O) groups is 5. The molecule has 0 saturated carbocycles. The maximum atomic E-state index is 11.7. The van der Waals surface area contributed by atoms with Crippen LogP contribution in [0.5, 0.6) is 0 Å². The smallest absolute Gasteiger partial charge is 0.372 e. The van der Waals surface area contributed by atoms with Gasteiger partial charge in [-0.05, 0) is 12.1 Å². The van der Waals surface area contributed by atoms with E-state index in [2.05, 4.69) is 15.5 Å². The van der Waals surface area contributed by atoms with Crippen molar-refractivity contribution in [2.45, 2.75) is 51.9 Å². The van der Waals surface area contributed by atoms with Crippen molar-refractivity contribution >= 4 is 41.2 Å². The number of ether oxygens (including phenoxy) is 5. The summed E-state index contributed by atoms with van der Waals surface area (Å²) in [6.45, 7) is 3.58. The number of methoxy groups -OCH3 is 1. The van der Waals surface area contributed by atoms with Crippen molar-refractivity contribution in [1.29, 1.82) is 0 Å². The fourth-order valence-corrected chi connectivity index (χ4v) is 3.54. The molecule has 3 atom stereocenters. The molecule has 1 aliphatic heterocycles. The summed E-state index contributed by atoms with van der Waals surface area (Å²) in [5.41, 5.74) is 15.0. The van der Waals surface area contributed by atoms with Crippen LogP contribution in [0.4, 0.5) is 5.69 Å². The topological polar surface area (TPSA) is 234 Å². The number of nitrogens with two attached hydrogens (primary N) is 3. The molecule has 1 amide bonds. The third-order valence-corrected chi connectivity index (χ3v) is 5.20. The Morgan fingerprint density at radius 2 is 1.78 bits per heavy atom. The highest BCUT2D eigenvalue weighted by atomic mass is 16.6. The van der Waals surface area contributed by atoms with Crippen molar-refractivity contribution in [3.8, 4) is 0 Å². The van der Waals surface area contributed by atoms with Crippen LogP contribution in [0.3, 0.4) is 0 Å². The van der Waals surface area contributed by atoms with Gasteiger partial charge in [0.25, 0.3) is 0 Å². The van der Waals surface area contributed by atoms with Gasteiger partial charge in [0, 0.05) is 45.4 Å². The average Bonchev–Trinajstić information content (AvgIpc) is 2.92. The van der Waals surface area contributed by atoms with Crippen LogP contribution in [0.25, 0.3) is 5.70 Å². The third-order valence-electron chi connectivity index (χ3n) is 5.20. The Morgan fingerprint density at radius 3 is 2.34 bits per heavy atom. The molecule has 15 heteroatoms. The number of benzene rings is 1. The lowest BCUT2D eigenvalue weighted by molar-refractivity contribution is -0.175. The van der Waals surface area contributed by atoms with Gasteiger partial charge in [-0.1, -0.05) is 18.2 Å². The number of carbonyl (C=O) groups excluding carboxylic acids is 5. The molecule has 41 heavy (non-hydrogen) atoms. The summed E-state index contributed by atoms with van der Waals surface area (Å²) in [6.07, 6.45) is 0.556. The number of esters is 4. The number of hydrogen-bond donors (Lipinski definition) is 5. The molecule has 1 aromatic rings. The minimum Gasteiger partial charge on any atom is -0.475 e. The predicted molar refractivity (Wildman–Crippen MR) is 146 cm³/mol. The van der Waals surface area contributed by atoms with Crippen LogP contribution in [-0.4, -0.2) is 68.4 Å². The molecule has 1 aliphatic rings. The number of hydrazine groups is 1. The lowest BCUT2D eigenvalue weighted by Gasteiger charge is -2.35. The van der Waals surface area contributed by atoms with E-state index in [9.17, 15) is 24.0 Å². The van der Waals surface area contributed by atoms with E-state index in [1.165, 1.54) is 40.2 Å². The summed E-state index contributed by atoms with van der Waals surface area (Å²) in [5, 5.41) is 2.65. The highest BCUT2D eigenvalue weighted by molar-refractivity contribution is 5.95. The molecular formula is C26H37N5O10. The summed E-state index contributed by atoms with van der Waals surface area (Å²) in [5.74, 6) is 2.46. The Kier molecular flexibility index (Phi) is 15.0. The summed E-state index contributed by atoms with van der Waals surface area (Å²) in [4.78, 5) is 56.5. The molecule has 0 aliphatic carbocycles. The van der Waals surface area contributed by atoms with Gasteiger partial charge in [0.1, 0.15) is 12.2 Å². The van der Waals surface area contributed by atoms with E-state index in [0.717, 1.165) is 0 Å². The molecule has 8 N–H and O–H groups in total. The highest BCUT2D eigenvalue weighted by Gasteiger charge is 2.40. The second-order valence-corrected chi connectivity index (χ2v) is 8.37. The minimum absolute atomic E-state index is 0.0306. The van der Waals surface area contributed by atoms with Gasteiger partial charge in [0.15, 0.2) is 6.10 Å². The molecular weight excluding hydrogens is 542 g/mol. The average molecular weight is 580 g/mol. The summed E-state index contributed by atoms with van der Waals surface area (Å²) in [7, 11) is 1.20. The van der Waals surface area contributed by atoms with Gasteiger partial charge in [-0.2, -0.15) is 0 Å². The zero-order valence-corrected chi connectivity index (χ0v) is 23.3. The van der Waals surface area contributed by atoms with Gasteiger partial charge in [-0.25, -0.2) is 4.79 Å². The van der Waals surface area contributed by atoms with E-state index in [1.807, 2.05) is 6.07 Å². The van der Waals surface area contributed by atoms with Gasteiger partial charge < -0.3 is 45.9 Å². The standard InChI is InChI=1S/C16H22O9.C10H15N5O/c1-9(17)22-8-7-13(24-11(3)19)15-12(23-10(2)18)5-6-14(25-15)16(20)21-4;11-5-10(16)15-9-4-2-1-3-7(9)8(12)6-14-13/h6,12-13,15H,5,7-8H2,1-4H3;1-4,6,14H,5,11-13H2,(H,15,16)/b;8-6-. The van der Waals surface area contributed by atoms with Crippen molar-refractivity contribution in [3.63, 3.8) is 0 Å². The maximum Gasteiger partial charge on any atom is 0.372 e. The summed E-state index contributed by atoms with van der Waals surface area (Å²) >= 11 is 0. The number of hydrogen-bond acceptors (Lipinski definition) is 14. The zero-order valence-electron chi connectivity index (χ0n) is 23.3. The highest BCUT2D eigenvalue weighted by Crippen LogP contribution is 2.27. The van der Waals surface area contributed by atoms with Crippen molar-refractivity contribution in [1.82, 2.24) is 5.43 Å². The second kappa shape index (κ2) is 17.9. The molecule has 226 valence electrons. The van der Waals surface area contributed by atoms with E-state index >= 15 is 0 Å². The largest absolute Gasteiger partial charge is 0.475 e. The quantitative estimate of drug-likeness (QED) is 0.100. The van der Waals surface area contributed by atoms with Gasteiger partial charge in [0.2, 0.25) is 11.7 Å². The monoisotopic (exact) mass is 579 g/mol. The molecule has 3 unspecified atom stereocenters. The molecule has 0 fully saturated rings. The normalized spacial score (nSPS) is 16.7. The Bertz CT molecular complexity index is 1140. The minimum atomic E-state index is -0.942. The van der Waals surface area contributed by atoms with Crippen LogP contribution >= 0.6 is 0 Å². The van der Waals surface area contributed by atoms with Gasteiger partial charge in [0.05, 0.1) is 31.6 Å². The van der Waals surface area contributed by atoms with E-state index in [4.69, 9.17) is 36.3 Å². The molecule has 2 rings (SSSR count). The number of anilines is 1. The first-order chi connectivity index (χ1) is 19.4. The van der Waals surface area contributed by atoms with Gasteiger partial charge >= 0.3 is 23.9 Å². The molecule has 0 spiro atoms. The molecule has 0 saturated heterocycles. The van der Waals surface area contributed by atoms with Gasteiger partial charge in [-0.3, -0.25) is 25.0 Å². The Balaban J connectivity index is 0.000000452. The number of para-hydroxylation sites is 1. The van der Waals surface area contributed by atoms with E-state index in [-0.39, 0.29) is 37.7 Å². The SMILES string of the molecule is COC(=O)C1=CCC(OC(C)=O)C(C(CCOC(C)=O)OC(C)=O)O1.NCC(=O)Nc1ccccc1/C(N)=C/NN. The second-order valence-electron chi connectivity index (χ2n) is 8.37. The first kappa shape index (κ1) is 34.4. The fourth-order valence-electron chi connectivity index (χ4n) is 3.54. The Morgan fingerprint density at radius 1 is 1.10 bits per heavy atom. The van der Waals surface area contributed by atoms with Crippen LogP contribution in [0, 0.1) is 0 Å². The van der Waals surface area contributed by atoms with Crippen molar-refractivity contribution in [2.75, 3.05) is 25.6 Å². The molecule has 0 bridgehead atoms. The Labute approximate surface area is 237 Å². The van der Waals surface area contributed by atoms with Gasteiger partial charge in [-0.15, -0.1) is 0 Å². The zero-order chi connectivity index (χ0) is 30.9. The van der Waals surface area contributed by atoms with E-state index < -0.39 is 42.2 Å². The van der Waals surface area contributed by atoms with E-state index in [0.29, 0.717) is 16.9 Å². The van der Waals surface area contributed by atoms with Crippen LogP contribution in [0.2, 0.25) is 0 Å². The van der Waals surface area contributed by atoms with Crippen LogP contribution in [-0.2, 0) is 47.7 Å². The molecule has 0 aromatic heterocycles. The molecule has 0 radical (unpaired) electrons. The maximum absolute atomic E-state index is 11.7. The molecule has 15 nitrogen and oxygen atoms in total. The third kappa shape index (κ3) is 12.4. The van der Waals surface area contributed by atoms with Crippen molar-refractivity contribution in [3.05, 3.63) is 47.9 Å².